The highest BCUT2D eigenvalue weighted by Crippen LogP contribution is 2.19. The van der Waals surface area contributed by atoms with Crippen molar-refractivity contribution in [2.75, 3.05) is 6.54 Å². The molecule has 2 aromatic carbocycles. The van der Waals surface area contributed by atoms with Gasteiger partial charge in [0.1, 0.15) is 0 Å². The third-order valence-corrected chi connectivity index (χ3v) is 4.32. The van der Waals surface area contributed by atoms with E-state index >= 15 is 0 Å². The van der Waals surface area contributed by atoms with Crippen LogP contribution in [0.3, 0.4) is 0 Å². The van der Waals surface area contributed by atoms with Crippen molar-refractivity contribution in [1.82, 2.24) is 4.90 Å². The molecule has 2 nitrogen and oxygen atoms in total. The molecular weight excluding hydrogens is 282 g/mol. The van der Waals surface area contributed by atoms with Crippen LogP contribution in [0.5, 0.6) is 0 Å². The summed E-state index contributed by atoms with van der Waals surface area (Å²) in [7, 11) is 0. The van der Waals surface area contributed by atoms with E-state index in [1.165, 1.54) is 6.42 Å². The Morgan fingerprint density at radius 3 is 2.26 bits per heavy atom. The van der Waals surface area contributed by atoms with E-state index in [-0.39, 0.29) is 5.91 Å². The Morgan fingerprint density at radius 2 is 1.61 bits per heavy atom. The number of benzene rings is 2. The maximum absolute atomic E-state index is 12.6. The number of piperidine rings is 1. The Kier molecular flexibility index (Phi) is 4.78. The zero-order valence-electron chi connectivity index (χ0n) is 13.5. The molecule has 23 heavy (non-hydrogen) atoms. The lowest BCUT2D eigenvalue weighted by molar-refractivity contribution is 0.0635. The van der Waals surface area contributed by atoms with Gasteiger partial charge in [0.25, 0.3) is 5.91 Å². The first-order chi connectivity index (χ1) is 11.2. The number of carbonyl (C=O) groups is 1. The van der Waals surface area contributed by atoms with Crippen molar-refractivity contribution in [3.63, 3.8) is 0 Å². The zero-order chi connectivity index (χ0) is 16.1. The Balaban J connectivity index is 1.72. The van der Waals surface area contributed by atoms with E-state index in [0.717, 1.165) is 36.1 Å². The summed E-state index contributed by atoms with van der Waals surface area (Å²) >= 11 is 0. The molecule has 1 unspecified atom stereocenters. The molecule has 0 aromatic heterocycles. The van der Waals surface area contributed by atoms with Crippen LogP contribution in [0.4, 0.5) is 0 Å². The van der Waals surface area contributed by atoms with Crippen LogP contribution >= 0.6 is 0 Å². The van der Waals surface area contributed by atoms with E-state index in [1.807, 2.05) is 59.5 Å². The van der Waals surface area contributed by atoms with Crippen molar-refractivity contribution >= 4 is 5.91 Å². The van der Waals surface area contributed by atoms with Crippen LogP contribution in [0, 0.1) is 11.8 Å². The summed E-state index contributed by atoms with van der Waals surface area (Å²) in [4.78, 5) is 14.6. The molecule has 1 saturated heterocycles. The lowest BCUT2D eigenvalue weighted by atomic mass is 10.0. The smallest absolute Gasteiger partial charge is 0.254 e. The second kappa shape index (κ2) is 7.15. The average molecular weight is 303 g/mol. The van der Waals surface area contributed by atoms with Crippen LogP contribution in [0.15, 0.2) is 54.6 Å². The molecular formula is C21H21NO. The molecule has 0 N–H and O–H groups in total. The summed E-state index contributed by atoms with van der Waals surface area (Å²) in [6.07, 6.45) is 3.43. The summed E-state index contributed by atoms with van der Waals surface area (Å²) in [6.45, 7) is 3.01. The van der Waals surface area contributed by atoms with E-state index in [4.69, 9.17) is 0 Å². The molecule has 3 rings (SSSR count). The Labute approximate surface area is 138 Å². The Hall–Kier alpha value is -2.53. The summed E-state index contributed by atoms with van der Waals surface area (Å²) in [5.74, 6) is 6.41. The first kappa shape index (κ1) is 15.4. The highest BCUT2D eigenvalue weighted by atomic mass is 16.2. The largest absolute Gasteiger partial charge is 0.336 e. The monoisotopic (exact) mass is 303 g/mol. The maximum Gasteiger partial charge on any atom is 0.254 e. The molecule has 1 fully saturated rings. The third kappa shape index (κ3) is 3.81. The minimum absolute atomic E-state index is 0.139. The molecule has 0 bridgehead atoms. The predicted octanol–water partition coefficient (Wildman–Crippen LogP) is 4.10. The van der Waals surface area contributed by atoms with Gasteiger partial charge in [0.2, 0.25) is 0 Å². The van der Waals surface area contributed by atoms with Crippen molar-refractivity contribution in [1.29, 1.82) is 0 Å². The van der Waals surface area contributed by atoms with E-state index < -0.39 is 0 Å². The summed E-state index contributed by atoms with van der Waals surface area (Å²) in [5.41, 5.74) is 2.68. The van der Waals surface area contributed by atoms with E-state index in [0.29, 0.717) is 6.04 Å². The highest BCUT2D eigenvalue weighted by Gasteiger charge is 2.23. The number of amides is 1. The van der Waals surface area contributed by atoms with E-state index in [2.05, 4.69) is 18.8 Å². The van der Waals surface area contributed by atoms with Crippen molar-refractivity contribution in [2.24, 2.45) is 0 Å². The van der Waals surface area contributed by atoms with E-state index in [9.17, 15) is 4.79 Å². The standard InChI is InChI=1S/C21H21NO/c1-17-7-5-6-16-22(17)21(23)20-14-12-19(13-15-20)11-10-18-8-3-2-4-9-18/h2-4,8-9,12-15,17H,5-7,16H2,1H3. The first-order valence-electron chi connectivity index (χ1n) is 8.22. The molecule has 2 heteroatoms. The van der Waals surface area contributed by atoms with Gasteiger partial charge < -0.3 is 4.90 Å². The quantitative estimate of drug-likeness (QED) is 0.726. The summed E-state index contributed by atoms with van der Waals surface area (Å²) < 4.78 is 0. The van der Waals surface area contributed by atoms with Crippen molar-refractivity contribution in [3.05, 3.63) is 71.3 Å². The fourth-order valence-electron chi connectivity index (χ4n) is 2.93. The number of rotatable bonds is 1. The van der Waals surface area contributed by atoms with Gasteiger partial charge in [-0.2, -0.15) is 0 Å². The predicted molar refractivity (Wildman–Crippen MR) is 93.2 cm³/mol. The minimum Gasteiger partial charge on any atom is -0.336 e. The molecule has 0 saturated carbocycles. The number of likely N-dealkylation sites (tertiary alicyclic amines) is 1. The van der Waals surface area contributed by atoms with Crippen LogP contribution < -0.4 is 0 Å². The van der Waals surface area contributed by atoms with Crippen LogP contribution in [0.25, 0.3) is 0 Å². The van der Waals surface area contributed by atoms with Gasteiger partial charge in [-0.25, -0.2) is 0 Å². The molecule has 116 valence electrons. The second-order valence-corrected chi connectivity index (χ2v) is 6.04. The van der Waals surface area contributed by atoms with Crippen LogP contribution in [-0.2, 0) is 0 Å². The van der Waals surface area contributed by atoms with Gasteiger partial charge in [0, 0.05) is 29.3 Å². The number of nitrogens with zero attached hydrogens (tertiary/aromatic N) is 1. The molecule has 1 aliphatic rings. The van der Waals surface area contributed by atoms with Gasteiger partial charge in [0.05, 0.1) is 0 Å². The third-order valence-electron chi connectivity index (χ3n) is 4.32. The lowest BCUT2D eigenvalue weighted by Crippen LogP contribution is -2.41. The summed E-state index contributed by atoms with van der Waals surface area (Å²) in [6, 6.07) is 17.9. The second-order valence-electron chi connectivity index (χ2n) is 6.04. The Morgan fingerprint density at radius 1 is 0.957 bits per heavy atom. The lowest BCUT2D eigenvalue weighted by Gasteiger charge is -2.33. The molecule has 0 spiro atoms. The maximum atomic E-state index is 12.6. The molecule has 1 aliphatic heterocycles. The molecule has 2 aromatic rings. The summed E-state index contributed by atoms with van der Waals surface area (Å²) in [5, 5.41) is 0. The number of hydrogen-bond acceptors (Lipinski definition) is 1. The normalized spacial score (nSPS) is 17.3. The van der Waals surface area contributed by atoms with Crippen LogP contribution in [-0.4, -0.2) is 23.4 Å². The number of carbonyl (C=O) groups excluding carboxylic acids is 1. The fraction of sp³-hybridized carbons (Fsp3) is 0.286. The molecule has 1 amide bonds. The molecule has 0 radical (unpaired) electrons. The Bertz CT molecular complexity index is 722. The van der Waals surface area contributed by atoms with Gasteiger partial charge in [-0.05, 0) is 62.6 Å². The highest BCUT2D eigenvalue weighted by molar-refractivity contribution is 5.94. The van der Waals surface area contributed by atoms with Crippen molar-refractivity contribution < 1.29 is 4.79 Å². The number of hydrogen-bond donors (Lipinski definition) is 0. The SMILES string of the molecule is CC1CCCCN1C(=O)c1ccc(C#Cc2ccccc2)cc1. The van der Waals surface area contributed by atoms with Crippen LogP contribution in [0.2, 0.25) is 0 Å². The minimum atomic E-state index is 0.139. The van der Waals surface area contributed by atoms with E-state index in [1.54, 1.807) is 0 Å². The first-order valence-corrected chi connectivity index (χ1v) is 8.22. The van der Waals surface area contributed by atoms with Gasteiger partial charge >= 0.3 is 0 Å². The zero-order valence-corrected chi connectivity index (χ0v) is 13.5. The molecule has 0 aliphatic carbocycles. The van der Waals surface area contributed by atoms with Gasteiger partial charge in [0.15, 0.2) is 0 Å². The van der Waals surface area contributed by atoms with Gasteiger partial charge in [-0.15, -0.1) is 0 Å². The van der Waals surface area contributed by atoms with Crippen molar-refractivity contribution in [2.45, 2.75) is 32.2 Å². The van der Waals surface area contributed by atoms with Gasteiger partial charge in [-0.1, -0.05) is 30.0 Å². The average Bonchev–Trinajstić information content (AvgIpc) is 2.61. The molecule has 1 heterocycles. The fourth-order valence-corrected chi connectivity index (χ4v) is 2.93. The van der Waals surface area contributed by atoms with Crippen molar-refractivity contribution in [3.8, 4) is 11.8 Å². The van der Waals surface area contributed by atoms with Crippen LogP contribution in [0.1, 0.15) is 47.7 Å². The van der Waals surface area contributed by atoms with Gasteiger partial charge in [-0.3, -0.25) is 4.79 Å². The topological polar surface area (TPSA) is 20.3 Å². The molecule has 1 atom stereocenters.